The lowest BCUT2D eigenvalue weighted by atomic mass is 10.1. The lowest BCUT2D eigenvalue weighted by Crippen LogP contribution is -2.53. The number of sulfonamides is 1. The predicted octanol–water partition coefficient (Wildman–Crippen LogP) is 6.40. The number of fused-ring (bicyclic) bond motifs is 1. The molecule has 7 nitrogen and oxygen atoms in total. The molecule has 216 valence electrons. The lowest BCUT2D eigenvalue weighted by Gasteiger charge is -2.38. The normalized spacial score (nSPS) is 14.7. The van der Waals surface area contributed by atoms with Gasteiger partial charge in [-0.3, -0.25) is 13.9 Å². The van der Waals surface area contributed by atoms with E-state index in [9.17, 15) is 18.0 Å². The van der Waals surface area contributed by atoms with E-state index in [1.54, 1.807) is 61.2 Å². The van der Waals surface area contributed by atoms with Crippen LogP contribution in [0.2, 0.25) is 5.02 Å². The van der Waals surface area contributed by atoms with Gasteiger partial charge in [0.25, 0.3) is 10.0 Å². The summed E-state index contributed by atoms with van der Waals surface area (Å²) in [6.07, 6.45) is -0.360. The first-order valence-electron chi connectivity index (χ1n) is 13.6. The highest BCUT2D eigenvalue weighted by Crippen LogP contribution is 2.39. The first kappa shape index (κ1) is 29.4. The largest absolute Gasteiger partial charge is 0.334 e. The first-order chi connectivity index (χ1) is 20.1. The monoisotopic (exact) mass is 601 g/mol. The van der Waals surface area contributed by atoms with Gasteiger partial charge >= 0.3 is 0 Å². The third-order valence-corrected chi connectivity index (χ3v) is 9.86. The Kier molecular flexibility index (Phi) is 8.38. The summed E-state index contributed by atoms with van der Waals surface area (Å²) < 4.78 is 30.0. The number of carbonyl (C=O) groups is 2. The molecule has 5 rings (SSSR count). The van der Waals surface area contributed by atoms with Gasteiger partial charge in [-0.1, -0.05) is 90.0 Å². The van der Waals surface area contributed by atoms with Gasteiger partial charge in [-0.25, -0.2) is 8.42 Å². The van der Waals surface area contributed by atoms with Gasteiger partial charge < -0.3 is 10.2 Å². The summed E-state index contributed by atoms with van der Waals surface area (Å²) in [5.41, 5.74) is 4.41. The molecule has 42 heavy (non-hydrogen) atoms. The van der Waals surface area contributed by atoms with E-state index in [1.165, 1.54) is 0 Å². The summed E-state index contributed by atoms with van der Waals surface area (Å²) in [6.45, 7) is 5.85. The van der Waals surface area contributed by atoms with Crippen molar-refractivity contribution in [3.63, 3.8) is 0 Å². The second-order valence-corrected chi connectivity index (χ2v) is 12.7. The van der Waals surface area contributed by atoms with E-state index in [0.717, 1.165) is 21.0 Å². The van der Waals surface area contributed by atoms with Crippen LogP contribution in [0.15, 0.2) is 95.9 Å². The number of rotatable bonds is 8. The van der Waals surface area contributed by atoms with E-state index in [0.29, 0.717) is 27.5 Å². The summed E-state index contributed by atoms with van der Waals surface area (Å²) >= 11 is 6.45. The number of hydrogen-bond donors (Lipinski definition) is 1. The van der Waals surface area contributed by atoms with Gasteiger partial charge in [0.1, 0.15) is 6.04 Å². The Balaban J connectivity index is 1.56. The number of nitrogens with zero attached hydrogens (tertiary/aromatic N) is 2. The highest BCUT2D eigenvalue weighted by Gasteiger charge is 2.43. The van der Waals surface area contributed by atoms with Crippen molar-refractivity contribution >= 4 is 44.8 Å². The maximum atomic E-state index is 14.4. The summed E-state index contributed by atoms with van der Waals surface area (Å²) in [7, 11) is -4.25. The van der Waals surface area contributed by atoms with Gasteiger partial charge in [0.2, 0.25) is 11.8 Å². The number of halogens is 1. The molecule has 0 bridgehead atoms. The van der Waals surface area contributed by atoms with Crippen molar-refractivity contribution in [1.29, 1.82) is 0 Å². The molecular formula is C33H32ClN3O4S. The van der Waals surface area contributed by atoms with Crippen LogP contribution in [0.3, 0.4) is 0 Å². The second kappa shape index (κ2) is 12.0. The summed E-state index contributed by atoms with van der Waals surface area (Å²) in [4.78, 5) is 29.4. The molecule has 2 amide bonds. The number of nitrogens with one attached hydrogen (secondary N) is 1. The number of hydrogen-bond acceptors (Lipinski definition) is 4. The molecule has 0 radical (unpaired) electrons. The molecule has 0 saturated carbocycles. The standard InChI is InChI=1S/C33H32ClN3O4S/c1-22-17-23(2)32(24(3)18-22)42(40,41)37-29-16-10-9-15-28(29)35-33(39)30(37)19-31(38)36(20-25-11-5-4-6-12-25)21-26-13-7-8-14-27(26)34/h4-18,30H,19-21H2,1-3H3,(H,35,39). The summed E-state index contributed by atoms with van der Waals surface area (Å²) in [6, 6.07) is 25.8. The van der Waals surface area contributed by atoms with Crippen LogP contribution in [-0.4, -0.2) is 31.2 Å². The van der Waals surface area contributed by atoms with Gasteiger partial charge in [-0.15, -0.1) is 0 Å². The molecule has 0 spiro atoms. The van der Waals surface area contributed by atoms with E-state index in [1.807, 2.05) is 55.5 Å². The smallest absolute Gasteiger partial charge is 0.265 e. The van der Waals surface area contributed by atoms with E-state index >= 15 is 0 Å². The van der Waals surface area contributed by atoms with Crippen LogP contribution in [0.1, 0.15) is 34.2 Å². The fourth-order valence-corrected chi connectivity index (χ4v) is 7.82. The molecule has 1 aliphatic heterocycles. The summed E-state index contributed by atoms with van der Waals surface area (Å²) in [5, 5.41) is 3.33. The zero-order valence-corrected chi connectivity index (χ0v) is 25.2. The fourth-order valence-electron chi connectivity index (χ4n) is 5.57. The Morgan fingerprint density at radius 1 is 0.881 bits per heavy atom. The molecule has 4 aromatic rings. The first-order valence-corrected chi connectivity index (χ1v) is 15.5. The number of anilines is 2. The predicted molar refractivity (Wildman–Crippen MR) is 166 cm³/mol. The van der Waals surface area contributed by atoms with E-state index in [-0.39, 0.29) is 30.3 Å². The SMILES string of the molecule is Cc1cc(C)c(S(=O)(=O)N2c3ccccc3NC(=O)C2CC(=O)N(Cc2ccccc2)Cc2ccccc2Cl)c(C)c1. The molecule has 1 N–H and O–H groups in total. The van der Waals surface area contributed by atoms with Gasteiger partial charge in [-0.05, 0) is 61.2 Å². The third-order valence-electron chi connectivity index (χ3n) is 7.36. The van der Waals surface area contributed by atoms with Crippen LogP contribution in [0.5, 0.6) is 0 Å². The topological polar surface area (TPSA) is 86.8 Å². The maximum Gasteiger partial charge on any atom is 0.265 e. The average molecular weight is 602 g/mol. The number of benzene rings is 4. The van der Waals surface area contributed by atoms with Crippen LogP contribution in [0.4, 0.5) is 11.4 Å². The van der Waals surface area contributed by atoms with Gasteiger partial charge in [-0.2, -0.15) is 0 Å². The quantitative estimate of drug-likeness (QED) is 0.253. The minimum atomic E-state index is -4.25. The van der Waals surface area contributed by atoms with Gasteiger partial charge in [0.05, 0.1) is 22.7 Å². The van der Waals surface area contributed by atoms with Crippen molar-refractivity contribution in [2.75, 3.05) is 9.62 Å². The Morgan fingerprint density at radius 2 is 1.50 bits per heavy atom. The molecule has 1 heterocycles. The second-order valence-electron chi connectivity index (χ2n) is 10.6. The van der Waals surface area contributed by atoms with Crippen molar-refractivity contribution in [2.45, 2.75) is 51.2 Å². The zero-order valence-electron chi connectivity index (χ0n) is 23.7. The van der Waals surface area contributed by atoms with E-state index in [4.69, 9.17) is 11.6 Å². The van der Waals surface area contributed by atoms with Gasteiger partial charge in [0.15, 0.2) is 0 Å². The van der Waals surface area contributed by atoms with E-state index < -0.39 is 22.0 Å². The number of amides is 2. The Bertz CT molecular complexity index is 1740. The maximum absolute atomic E-state index is 14.4. The van der Waals surface area contributed by atoms with Crippen LogP contribution in [0, 0.1) is 20.8 Å². The molecule has 1 aliphatic rings. The number of carbonyl (C=O) groups excluding carboxylic acids is 2. The van der Waals surface area contributed by atoms with Crippen molar-refractivity contribution in [2.24, 2.45) is 0 Å². The van der Waals surface area contributed by atoms with Crippen molar-refractivity contribution < 1.29 is 18.0 Å². The molecule has 0 aliphatic carbocycles. The molecule has 0 aromatic heterocycles. The average Bonchev–Trinajstić information content (AvgIpc) is 2.93. The van der Waals surface area contributed by atoms with Crippen LogP contribution in [0.25, 0.3) is 0 Å². The highest BCUT2D eigenvalue weighted by atomic mass is 35.5. The van der Waals surface area contributed by atoms with Crippen LogP contribution < -0.4 is 9.62 Å². The molecule has 1 atom stereocenters. The Morgan fingerprint density at radius 3 is 2.19 bits per heavy atom. The fraction of sp³-hybridized carbons (Fsp3) is 0.212. The molecule has 0 fully saturated rings. The van der Waals surface area contributed by atoms with Crippen molar-refractivity contribution in [1.82, 2.24) is 4.90 Å². The van der Waals surface area contributed by atoms with Crippen LogP contribution in [-0.2, 0) is 32.7 Å². The minimum absolute atomic E-state index is 0.132. The molecular weight excluding hydrogens is 570 g/mol. The van der Waals surface area contributed by atoms with E-state index in [2.05, 4.69) is 5.32 Å². The Labute approximate surface area is 251 Å². The highest BCUT2D eigenvalue weighted by molar-refractivity contribution is 7.93. The Hall–Kier alpha value is -4.14. The zero-order chi connectivity index (χ0) is 30.0. The summed E-state index contributed by atoms with van der Waals surface area (Å²) in [5.74, 6) is -0.943. The van der Waals surface area contributed by atoms with Gasteiger partial charge in [0, 0.05) is 18.1 Å². The lowest BCUT2D eigenvalue weighted by molar-refractivity contribution is -0.134. The van der Waals surface area contributed by atoms with Crippen LogP contribution >= 0.6 is 11.6 Å². The molecule has 0 saturated heterocycles. The molecule has 1 unspecified atom stereocenters. The third kappa shape index (κ3) is 5.91. The number of para-hydroxylation sites is 2. The molecule has 9 heteroatoms. The number of aryl methyl sites for hydroxylation is 3. The van der Waals surface area contributed by atoms with Crippen molar-refractivity contribution in [3.05, 3.63) is 124 Å². The molecule has 4 aromatic carbocycles. The van der Waals surface area contributed by atoms with Crippen molar-refractivity contribution in [3.8, 4) is 0 Å². The minimum Gasteiger partial charge on any atom is -0.334 e.